The Morgan fingerprint density at radius 2 is 1.65 bits per heavy atom. The van der Waals surface area contributed by atoms with E-state index in [4.69, 9.17) is 4.74 Å². The van der Waals surface area contributed by atoms with Crippen molar-refractivity contribution in [3.63, 3.8) is 0 Å². The Kier molecular flexibility index (Phi) is 5.59. The Labute approximate surface area is 105 Å². The van der Waals surface area contributed by atoms with E-state index in [1.807, 2.05) is 6.07 Å². The van der Waals surface area contributed by atoms with Crippen molar-refractivity contribution in [2.75, 3.05) is 26.7 Å². The fourth-order valence-electron chi connectivity index (χ4n) is 2.20. The van der Waals surface area contributed by atoms with Gasteiger partial charge in [0, 0.05) is 7.11 Å². The van der Waals surface area contributed by atoms with Crippen molar-refractivity contribution in [3.8, 4) is 0 Å². The second kappa shape index (κ2) is 6.72. The molecule has 0 N–H and O–H groups in total. The van der Waals surface area contributed by atoms with Crippen LogP contribution in [0.2, 0.25) is 0 Å². The third-order valence-corrected chi connectivity index (χ3v) is 3.67. The van der Waals surface area contributed by atoms with Crippen molar-refractivity contribution in [1.29, 1.82) is 0 Å². The number of ether oxygens (including phenoxy) is 1. The summed E-state index contributed by atoms with van der Waals surface area (Å²) in [5, 5.41) is 0. The Balaban J connectivity index is 2.82. The zero-order valence-corrected chi connectivity index (χ0v) is 11.6. The Morgan fingerprint density at radius 1 is 1.06 bits per heavy atom. The van der Waals surface area contributed by atoms with Crippen LogP contribution in [0.15, 0.2) is 18.2 Å². The second-order valence-electron chi connectivity index (χ2n) is 4.50. The summed E-state index contributed by atoms with van der Waals surface area (Å²) in [5.74, 6) is 0. The second-order valence-corrected chi connectivity index (χ2v) is 4.50. The lowest BCUT2D eigenvalue weighted by Crippen LogP contribution is -2.46. The highest BCUT2D eigenvalue weighted by molar-refractivity contribution is 5.09. The first-order valence-electron chi connectivity index (χ1n) is 6.48. The molecule has 1 aromatic rings. The first-order chi connectivity index (χ1) is 8.19. The summed E-state index contributed by atoms with van der Waals surface area (Å²) in [6.07, 6.45) is 0. The zero-order valence-electron chi connectivity index (χ0n) is 11.6. The van der Waals surface area contributed by atoms with E-state index in [1.54, 1.807) is 7.11 Å². The number of aromatic nitrogens is 1. The Bertz CT molecular complexity index is 326. The highest BCUT2D eigenvalue weighted by Gasteiger charge is 2.21. The molecule has 0 aliphatic carbocycles. The van der Waals surface area contributed by atoms with Crippen LogP contribution in [-0.2, 0) is 17.9 Å². The monoisotopic (exact) mass is 237 g/mol. The van der Waals surface area contributed by atoms with Gasteiger partial charge in [0.05, 0.1) is 37.6 Å². The van der Waals surface area contributed by atoms with Crippen molar-refractivity contribution in [2.24, 2.45) is 0 Å². The fourth-order valence-corrected chi connectivity index (χ4v) is 2.20. The fraction of sp³-hybridized carbons (Fsp3) is 0.643. The molecule has 0 unspecified atom stereocenters. The van der Waals surface area contributed by atoms with Gasteiger partial charge in [-0.2, -0.15) is 0 Å². The first kappa shape index (κ1) is 14.1. The summed E-state index contributed by atoms with van der Waals surface area (Å²) in [6.45, 7) is 11.8. The SMILES string of the molecule is CC[N+](CC)(CC)Cc1cccc(COC)n1. The maximum absolute atomic E-state index is 5.12. The van der Waals surface area contributed by atoms with Gasteiger partial charge >= 0.3 is 0 Å². The summed E-state index contributed by atoms with van der Waals surface area (Å²) in [4.78, 5) is 4.65. The summed E-state index contributed by atoms with van der Waals surface area (Å²) in [7, 11) is 1.71. The molecular formula is C14H25N2O+. The zero-order chi connectivity index (χ0) is 12.7. The molecule has 0 bridgehead atoms. The standard InChI is InChI=1S/C14H25N2O/c1-5-16(6-2,7-3)11-13-9-8-10-14(15-13)12-17-4/h8-10H,5-7,11-12H2,1-4H3/q+1. The van der Waals surface area contributed by atoms with Gasteiger partial charge in [-0.3, -0.25) is 0 Å². The molecule has 1 aromatic heterocycles. The van der Waals surface area contributed by atoms with Gasteiger partial charge in [-0.1, -0.05) is 6.07 Å². The smallest absolute Gasteiger partial charge is 0.122 e. The van der Waals surface area contributed by atoms with Gasteiger partial charge in [0.15, 0.2) is 0 Å². The van der Waals surface area contributed by atoms with Gasteiger partial charge in [0.25, 0.3) is 0 Å². The molecule has 3 heteroatoms. The summed E-state index contributed by atoms with van der Waals surface area (Å²) in [5.41, 5.74) is 2.19. The number of pyridine rings is 1. The van der Waals surface area contributed by atoms with Crippen LogP contribution < -0.4 is 0 Å². The largest absolute Gasteiger partial charge is 0.378 e. The van der Waals surface area contributed by atoms with Gasteiger partial charge in [-0.25, -0.2) is 4.98 Å². The molecule has 0 radical (unpaired) electrons. The third kappa shape index (κ3) is 3.79. The molecule has 1 rings (SSSR count). The molecule has 96 valence electrons. The van der Waals surface area contributed by atoms with Crippen LogP contribution in [-0.4, -0.2) is 36.2 Å². The molecule has 0 aliphatic heterocycles. The molecule has 0 aromatic carbocycles. The van der Waals surface area contributed by atoms with Crippen LogP contribution in [0, 0.1) is 0 Å². The number of nitrogens with zero attached hydrogens (tertiary/aromatic N) is 2. The summed E-state index contributed by atoms with van der Waals surface area (Å²) >= 11 is 0. The quantitative estimate of drug-likeness (QED) is 0.680. The van der Waals surface area contributed by atoms with E-state index in [0.29, 0.717) is 6.61 Å². The number of hydrogen-bond donors (Lipinski definition) is 0. The minimum atomic E-state index is 0.595. The van der Waals surface area contributed by atoms with E-state index in [9.17, 15) is 0 Å². The maximum atomic E-state index is 5.12. The van der Waals surface area contributed by atoms with Crippen LogP contribution in [0.3, 0.4) is 0 Å². The average Bonchev–Trinajstić information content (AvgIpc) is 2.37. The van der Waals surface area contributed by atoms with Crippen LogP contribution in [0.25, 0.3) is 0 Å². The van der Waals surface area contributed by atoms with E-state index in [2.05, 4.69) is 37.9 Å². The topological polar surface area (TPSA) is 22.1 Å². The Morgan fingerprint density at radius 3 is 2.18 bits per heavy atom. The molecule has 0 saturated carbocycles. The normalized spacial score (nSPS) is 11.8. The van der Waals surface area contributed by atoms with Crippen molar-refractivity contribution >= 4 is 0 Å². The van der Waals surface area contributed by atoms with Crippen molar-refractivity contribution in [3.05, 3.63) is 29.6 Å². The summed E-state index contributed by atoms with van der Waals surface area (Å²) in [6, 6.07) is 6.21. The number of methoxy groups -OCH3 is 1. The highest BCUT2D eigenvalue weighted by atomic mass is 16.5. The van der Waals surface area contributed by atoms with Crippen LogP contribution in [0.5, 0.6) is 0 Å². The van der Waals surface area contributed by atoms with E-state index in [0.717, 1.165) is 36.4 Å². The van der Waals surface area contributed by atoms with E-state index < -0.39 is 0 Å². The minimum Gasteiger partial charge on any atom is -0.378 e. The Hall–Kier alpha value is -0.930. The van der Waals surface area contributed by atoms with Crippen LogP contribution >= 0.6 is 0 Å². The lowest BCUT2D eigenvalue weighted by Gasteiger charge is -2.35. The van der Waals surface area contributed by atoms with Gasteiger partial charge in [-0.05, 0) is 32.9 Å². The molecule has 0 atom stereocenters. The van der Waals surface area contributed by atoms with E-state index >= 15 is 0 Å². The number of hydrogen-bond acceptors (Lipinski definition) is 2. The van der Waals surface area contributed by atoms with Crippen molar-refractivity contribution in [2.45, 2.75) is 33.9 Å². The number of quaternary nitrogens is 1. The minimum absolute atomic E-state index is 0.595. The predicted molar refractivity (Wildman–Crippen MR) is 70.5 cm³/mol. The molecule has 3 nitrogen and oxygen atoms in total. The lowest BCUT2D eigenvalue weighted by atomic mass is 10.2. The molecule has 1 heterocycles. The number of rotatable bonds is 7. The van der Waals surface area contributed by atoms with Crippen LogP contribution in [0.1, 0.15) is 32.2 Å². The summed E-state index contributed by atoms with van der Waals surface area (Å²) < 4.78 is 6.23. The van der Waals surface area contributed by atoms with Crippen molar-refractivity contribution in [1.82, 2.24) is 4.98 Å². The van der Waals surface area contributed by atoms with Gasteiger partial charge in [0.1, 0.15) is 6.54 Å². The highest BCUT2D eigenvalue weighted by Crippen LogP contribution is 2.13. The van der Waals surface area contributed by atoms with Gasteiger partial charge in [0.2, 0.25) is 0 Å². The molecule has 0 aliphatic rings. The molecule has 0 fully saturated rings. The van der Waals surface area contributed by atoms with E-state index in [1.165, 1.54) is 5.69 Å². The molecular weight excluding hydrogens is 212 g/mol. The van der Waals surface area contributed by atoms with E-state index in [-0.39, 0.29) is 0 Å². The molecule has 17 heavy (non-hydrogen) atoms. The first-order valence-corrected chi connectivity index (χ1v) is 6.48. The predicted octanol–water partition coefficient (Wildman–Crippen LogP) is 2.60. The lowest BCUT2D eigenvalue weighted by molar-refractivity contribution is -0.936. The molecule has 0 spiro atoms. The van der Waals surface area contributed by atoms with Crippen molar-refractivity contribution < 1.29 is 9.22 Å². The molecule has 0 saturated heterocycles. The van der Waals surface area contributed by atoms with Gasteiger partial charge < -0.3 is 9.22 Å². The average molecular weight is 237 g/mol. The van der Waals surface area contributed by atoms with Crippen LogP contribution in [0.4, 0.5) is 0 Å². The third-order valence-electron chi connectivity index (χ3n) is 3.67. The van der Waals surface area contributed by atoms with Gasteiger partial charge in [-0.15, -0.1) is 0 Å². The molecule has 0 amide bonds. The maximum Gasteiger partial charge on any atom is 0.122 e.